The van der Waals surface area contributed by atoms with Gasteiger partial charge >= 0.3 is 5.97 Å². The summed E-state index contributed by atoms with van der Waals surface area (Å²) in [4.78, 5) is 12.3. The minimum atomic E-state index is -1.06. The predicted octanol–water partition coefficient (Wildman–Crippen LogP) is 2.57. The second-order valence-corrected chi connectivity index (χ2v) is 5.53. The average Bonchev–Trinajstić information content (AvgIpc) is 2.70. The molecular weight excluding hydrogens is 242 g/mol. The van der Waals surface area contributed by atoms with Gasteiger partial charge in [-0.05, 0) is 30.0 Å². The van der Waals surface area contributed by atoms with E-state index in [0.29, 0.717) is 5.69 Å². The Bertz CT molecular complexity index is 607. The van der Waals surface area contributed by atoms with Gasteiger partial charge in [0.15, 0.2) is 5.69 Å². The molecule has 0 saturated carbocycles. The van der Waals surface area contributed by atoms with Crippen molar-refractivity contribution in [3.63, 3.8) is 0 Å². The molecule has 2 rings (SSSR count). The van der Waals surface area contributed by atoms with E-state index in [-0.39, 0.29) is 11.1 Å². The second-order valence-electron chi connectivity index (χ2n) is 5.53. The first-order chi connectivity index (χ1) is 8.79. The topological polar surface area (TPSA) is 68.0 Å². The van der Waals surface area contributed by atoms with Gasteiger partial charge in [0.05, 0.1) is 11.4 Å². The SMILES string of the molecule is Cc1nn(-c2ccc(C(C)(C)C)cc2)nc1C(=O)O. The van der Waals surface area contributed by atoms with Crippen molar-refractivity contribution in [3.8, 4) is 5.69 Å². The van der Waals surface area contributed by atoms with Gasteiger partial charge in [-0.3, -0.25) is 0 Å². The Morgan fingerprint density at radius 2 is 1.74 bits per heavy atom. The van der Waals surface area contributed by atoms with E-state index in [9.17, 15) is 4.79 Å². The van der Waals surface area contributed by atoms with Gasteiger partial charge in [-0.25, -0.2) is 4.79 Å². The number of carboxylic acid groups (broad SMARTS) is 1. The number of carboxylic acids is 1. The number of aromatic carboxylic acids is 1. The monoisotopic (exact) mass is 259 g/mol. The Hall–Kier alpha value is -2.17. The number of nitrogens with zero attached hydrogens (tertiary/aromatic N) is 3. The average molecular weight is 259 g/mol. The summed E-state index contributed by atoms with van der Waals surface area (Å²) < 4.78 is 0. The molecule has 19 heavy (non-hydrogen) atoms. The molecule has 0 aliphatic rings. The number of carbonyl (C=O) groups is 1. The van der Waals surface area contributed by atoms with Crippen molar-refractivity contribution in [1.82, 2.24) is 15.0 Å². The van der Waals surface area contributed by atoms with Crippen molar-refractivity contribution < 1.29 is 9.90 Å². The van der Waals surface area contributed by atoms with Crippen LogP contribution in [0.2, 0.25) is 0 Å². The number of hydrogen-bond donors (Lipinski definition) is 1. The fourth-order valence-electron chi connectivity index (χ4n) is 1.79. The molecule has 0 fully saturated rings. The van der Waals surface area contributed by atoms with Gasteiger partial charge in [-0.15, -0.1) is 5.10 Å². The molecule has 5 heteroatoms. The fourth-order valence-corrected chi connectivity index (χ4v) is 1.79. The third-order valence-electron chi connectivity index (χ3n) is 2.95. The van der Waals surface area contributed by atoms with Crippen LogP contribution in [0.15, 0.2) is 24.3 Å². The van der Waals surface area contributed by atoms with Crippen molar-refractivity contribution in [2.24, 2.45) is 0 Å². The molecule has 100 valence electrons. The number of benzene rings is 1. The van der Waals surface area contributed by atoms with Crippen LogP contribution >= 0.6 is 0 Å². The van der Waals surface area contributed by atoms with E-state index >= 15 is 0 Å². The van der Waals surface area contributed by atoms with Gasteiger partial charge < -0.3 is 5.11 Å². The van der Waals surface area contributed by atoms with Crippen LogP contribution in [-0.4, -0.2) is 26.1 Å². The van der Waals surface area contributed by atoms with E-state index in [1.165, 1.54) is 10.4 Å². The maximum absolute atomic E-state index is 10.9. The lowest BCUT2D eigenvalue weighted by Gasteiger charge is -2.18. The van der Waals surface area contributed by atoms with Crippen molar-refractivity contribution >= 4 is 5.97 Å². The molecule has 0 aliphatic carbocycles. The number of aromatic nitrogens is 3. The first kappa shape index (κ1) is 13.3. The molecule has 1 aromatic heterocycles. The van der Waals surface area contributed by atoms with E-state index in [1.807, 2.05) is 24.3 Å². The molecule has 0 bridgehead atoms. The quantitative estimate of drug-likeness (QED) is 0.900. The van der Waals surface area contributed by atoms with E-state index in [1.54, 1.807) is 6.92 Å². The lowest BCUT2D eigenvalue weighted by Crippen LogP contribution is -2.11. The summed E-state index contributed by atoms with van der Waals surface area (Å²) in [6.45, 7) is 8.05. The zero-order chi connectivity index (χ0) is 14.2. The van der Waals surface area contributed by atoms with Crippen LogP contribution in [0, 0.1) is 6.92 Å². The molecule has 0 saturated heterocycles. The summed E-state index contributed by atoms with van der Waals surface area (Å²) in [5.41, 5.74) is 2.44. The normalized spacial score (nSPS) is 11.6. The molecule has 5 nitrogen and oxygen atoms in total. The van der Waals surface area contributed by atoms with E-state index in [2.05, 4.69) is 31.0 Å². The fraction of sp³-hybridized carbons (Fsp3) is 0.357. The number of aryl methyl sites for hydroxylation is 1. The molecular formula is C14H17N3O2. The molecule has 2 aromatic rings. The molecule has 0 amide bonds. The van der Waals surface area contributed by atoms with Gasteiger partial charge in [0.1, 0.15) is 0 Å². The zero-order valence-corrected chi connectivity index (χ0v) is 11.5. The summed E-state index contributed by atoms with van der Waals surface area (Å²) in [7, 11) is 0. The smallest absolute Gasteiger partial charge is 0.358 e. The van der Waals surface area contributed by atoms with Crippen molar-refractivity contribution in [3.05, 3.63) is 41.2 Å². The molecule has 0 aliphatic heterocycles. The highest BCUT2D eigenvalue weighted by atomic mass is 16.4. The van der Waals surface area contributed by atoms with Gasteiger partial charge in [0, 0.05) is 0 Å². The van der Waals surface area contributed by atoms with Crippen LogP contribution in [0.5, 0.6) is 0 Å². The highest BCUT2D eigenvalue weighted by Crippen LogP contribution is 2.22. The number of hydrogen-bond acceptors (Lipinski definition) is 3. The Morgan fingerprint density at radius 1 is 1.16 bits per heavy atom. The molecule has 1 heterocycles. The lowest BCUT2D eigenvalue weighted by atomic mass is 9.87. The van der Waals surface area contributed by atoms with Crippen LogP contribution in [0.4, 0.5) is 0 Å². The summed E-state index contributed by atoms with van der Waals surface area (Å²) in [6, 6.07) is 7.81. The largest absolute Gasteiger partial charge is 0.476 e. The van der Waals surface area contributed by atoms with Crippen LogP contribution in [-0.2, 0) is 5.41 Å². The predicted molar refractivity (Wildman–Crippen MR) is 71.8 cm³/mol. The minimum Gasteiger partial charge on any atom is -0.476 e. The third-order valence-corrected chi connectivity index (χ3v) is 2.95. The molecule has 0 atom stereocenters. The Labute approximate surface area is 111 Å². The van der Waals surface area contributed by atoms with E-state index in [0.717, 1.165) is 5.69 Å². The Morgan fingerprint density at radius 3 is 2.16 bits per heavy atom. The van der Waals surface area contributed by atoms with Crippen molar-refractivity contribution in [2.45, 2.75) is 33.1 Å². The number of rotatable bonds is 2. The Kier molecular flexibility index (Phi) is 3.14. The third kappa shape index (κ3) is 2.65. The van der Waals surface area contributed by atoms with Gasteiger partial charge in [0.25, 0.3) is 0 Å². The van der Waals surface area contributed by atoms with Crippen LogP contribution in [0.25, 0.3) is 5.69 Å². The van der Waals surface area contributed by atoms with E-state index < -0.39 is 5.97 Å². The van der Waals surface area contributed by atoms with E-state index in [4.69, 9.17) is 5.11 Å². The maximum atomic E-state index is 10.9. The summed E-state index contributed by atoms with van der Waals surface area (Å²) in [6.07, 6.45) is 0. The van der Waals surface area contributed by atoms with Crippen LogP contribution in [0.3, 0.4) is 0 Å². The van der Waals surface area contributed by atoms with Crippen molar-refractivity contribution in [2.75, 3.05) is 0 Å². The summed E-state index contributed by atoms with van der Waals surface area (Å²) in [5, 5.41) is 17.1. The van der Waals surface area contributed by atoms with Crippen LogP contribution in [0.1, 0.15) is 42.5 Å². The standard InChI is InChI=1S/C14H17N3O2/c1-9-12(13(18)19)16-17(15-9)11-7-5-10(6-8-11)14(2,3)4/h5-8H,1-4H3,(H,18,19). The van der Waals surface area contributed by atoms with Crippen molar-refractivity contribution in [1.29, 1.82) is 0 Å². The van der Waals surface area contributed by atoms with Gasteiger partial charge in [-0.2, -0.15) is 9.90 Å². The second kappa shape index (κ2) is 4.50. The van der Waals surface area contributed by atoms with Crippen LogP contribution < -0.4 is 0 Å². The first-order valence-corrected chi connectivity index (χ1v) is 6.07. The molecule has 0 spiro atoms. The molecule has 0 radical (unpaired) electrons. The maximum Gasteiger partial charge on any atom is 0.358 e. The lowest BCUT2D eigenvalue weighted by molar-refractivity contribution is 0.0689. The van der Waals surface area contributed by atoms with Gasteiger partial charge in [-0.1, -0.05) is 32.9 Å². The highest BCUT2D eigenvalue weighted by molar-refractivity contribution is 5.86. The zero-order valence-electron chi connectivity index (χ0n) is 11.5. The summed E-state index contributed by atoms with van der Waals surface area (Å²) in [5.74, 6) is -1.06. The first-order valence-electron chi connectivity index (χ1n) is 6.07. The molecule has 0 unspecified atom stereocenters. The minimum absolute atomic E-state index is 0.0140. The molecule has 1 aromatic carbocycles. The molecule has 1 N–H and O–H groups in total. The highest BCUT2D eigenvalue weighted by Gasteiger charge is 2.16. The Balaban J connectivity index is 2.38. The summed E-state index contributed by atoms with van der Waals surface area (Å²) >= 11 is 0. The van der Waals surface area contributed by atoms with Gasteiger partial charge in [0.2, 0.25) is 0 Å².